The molecule has 0 aliphatic rings. The average molecular weight is 353 g/mol. The van der Waals surface area contributed by atoms with Gasteiger partial charge in [-0.3, -0.25) is 4.79 Å². The molecule has 0 heterocycles. The quantitative estimate of drug-likeness (QED) is 0.513. The number of ether oxygens (including phenoxy) is 1. The van der Waals surface area contributed by atoms with Crippen LogP contribution in [0.5, 0.6) is 5.75 Å². The zero-order valence-corrected chi connectivity index (χ0v) is 14.8. The van der Waals surface area contributed by atoms with Crippen LogP contribution in [-0.4, -0.2) is 12.5 Å². The van der Waals surface area contributed by atoms with Crippen molar-refractivity contribution >= 4 is 22.4 Å². The summed E-state index contributed by atoms with van der Waals surface area (Å²) in [6.45, 7) is -0.0338. The van der Waals surface area contributed by atoms with Crippen molar-refractivity contribution in [2.75, 3.05) is 11.9 Å². The van der Waals surface area contributed by atoms with Crippen LogP contribution in [-0.2, 0) is 4.79 Å². The number of rotatable bonds is 5. The predicted octanol–water partition coefficient (Wildman–Crippen LogP) is 5.52. The Bertz CT molecular complexity index is 1050. The van der Waals surface area contributed by atoms with E-state index in [2.05, 4.69) is 17.4 Å². The van der Waals surface area contributed by atoms with Crippen LogP contribution in [0, 0.1) is 0 Å². The van der Waals surface area contributed by atoms with Crippen LogP contribution in [0.1, 0.15) is 0 Å². The summed E-state index contributed by atoms with van der Waals surface area (Å²) in [6, 6.07) is 31.7. The fourth-order valence-electron chi connectivity index (χ4n) is 3.04. The second kappa shape index (κ2) is 7.75. The van der Waals surface area contributed by atoms with Gasteiger partial charge in [-0.05, 0) is 34.7 Å². The van der Waals surface area contributed by atoms with E-state index < -0.39 is 0 Å². The third kappa shape index (κ3) is 3.98. The highest BCUT2D eigenvalue weighted by atomic mass is 16.5. The molecule has 0 aromatic heterocycles. The fourth-order valence-corrected chi connectivity index (χ4v) is 3.04. The lowest BCUT2D eigenvalue weighted by Crippen LogP contribution is -2.20. The van der Waals surface area contributed by atoms with Gasteiger partial charge in [0.2, 0.25) is 0 Å². The summed E-state index contributed by atoms with van der Waals surface area (Å²) in [5.41, 5.74) is 3.06. The highest BCUT2D eigenvalue weighted by molar-refractivity contribution is 6.02. The molecule has 3 heteroatoms. The van der Waals surface area contributed by atoms with E-state index >= 15 is 0 Å². The molecule has 0 aliphatic heterocycles. The lowest BCUT2D eigenvalue weighted by atomic mass is 10.1. The molecular weight excluding hydrogens is 334 g/mol. The summed E-state index contributed by atoms with van der Waals surface area (Å²) in [6.07, 6.45) is 0. The van der Waals surface area contributed by atoms with Gasteiger partial charge in [-0.1, -0.05) is 78.9 Å². The van der Waals surface area contributed by atoms with Gasteiger partial charge in [0.05, 0.1) is 0 Å². The monoisotopic (exact) mass is 353 g/mol. The van der Waals surface area contributed by atoms with Crippen LogP contribution in [0.25, 0.3) is 21.9 Å². The molecule has 1 amide bonds. The Kier molecular flexibility index (Phi) is 4.84. The number of carbonyl (C=O) groups excluding carboxylic acids is 1. The van der Waals surface area contributed by atoms with E-state index in [9.17, 15) is 4.79 Å². The second-order valence-electron chi connectivity index (χ2n) is 6.25. The summed E-state index contributed by atoms with van der Waals surface area (Å²) >= 11 is 0. The Labute approximate surface area is 158 Å². The number of anilines is 1. The van der Waals surface area contributed by atoms with Gasteiger partial charge in [-0.25, -0.2) is 0 Å². The number of nitrogens with one attached hydrogen (secondary N) is 1. The van der Waals surface area contributed by atoms with E-state index in [-0.39, 0.29) is 12.5 Å². The van der Waals surface area contributed by atoms with E-state index in [1.54, 1.807) is 0 Å². The molecule has 0 unspecified atom stereocenters. The maximum atomic E-state index is 12.3. The first-order valence-electron chi connectivity index (χ1n) is 8.85. The van der Waals surface area contributed by atoms with Crippen molar-refractivity contribution < 1.29 is 9.53 Å². The average Bonchev–Trinajstić information content (AvgIpc) is 2.74. The van der Waals surface area contributed by atoms with Gasteiger partial charge < -0.3 is 10.1 Å². The Morgan fingerprint density at radius 1 is 0.704 bits per heavy atom. The first kappa shape index (κ1) is 16.9. The Morgan fingerprint density at radius 2 is 1.37 bits per heavy atom. The van der Waals surface area contributed by atoms with Crippen LogP contribution >= 0.6 is 0 Å². The van der Waals surface area contributed by atoms with E-state index in [1.807, 2.05) is 84.9 Å². The molecule has 1 N–H and O–H groups in total. The largest absolute Gasteiger partial charge is 0.484 e. The number of hydrogen-bond donors (Lipinski definition) is 1. The standard InChI is InChI=1S/C24H19NO2/c26-24(25-23-12-6-10-20-9-4-5-11-22(20)23)17-27-21-15-13-19(14-16-21)18-7-2-1-3-8-18/h1-16H,17H2,(H,25,26). The minimum atomic E-state index is -0.182. The van der Waals surface area contributed by atoms with E-state index in [0.29, 0.717) is 5.75 Å². The Hall–Kier alpha value is -3.59. The van der Waals surface area contributed by atoms with Crippen molar-refractivity contribution in [1.29, 1.82) is 0 Å². The summed E-state index contributed by atoms with van der Waals surface area (Å²) in [5.74, 6) is 0.487. The van der Waals surface area contributed by atoms with Crippen molar-refractivity contribution in [2.24, 2.45) is 0 Å². The second-order valence-corrected chi connectivity index (χ2v) is 6.25. The number of hydrogen-bond acceptors (Lipinski definition) is 2. The fraction of sp³-hybridized carbons (Fsp3) is 0.0417. The molecule has 0 spiro atoms. The SMILES string of the molecule is O=C(COc1ccc(-c2ccccc2)cc1)Nc1cccc2ccccc12. The van der Waals surface area contributed by atoms with Crippen LogP contribution < -0.4 is 10.1 Å². The van der Waals surface area contributed by atoms with Crippen molar-refractivity contribution in [1.82, 2.24) is 0 Å². The van der Waals surface area contributed by atoms with Gasteiger partial charge in [0.25, 0.3) is 5.91 Å². The molecule has 4 aromatic rings. The maximum absolute atomic E-state index is 12.3. The third-order valence-electron chi connectivity index (χ3n) is 4.40. The highest BCUT2D eigenvalue weighted by Crippen LogP contribution is 2.24. The highest BCUT2D eigenvalue weighted by Gasteiger charge is 2.07. The zero-order chi connectivity index (χ0) is 18.5. The van der Waals surface area contributed by atoms with Crippen molar-refractivity contribution in [3.05, 3.63) is 97.1 Å². The predicted molar refractivity (Wildman–Crippen MR) is 110 cm³/mol. The number of amides is 1. The van der Waals surface area contributed by atoms with Gasteiger partial charge in [0.1, 0.15) is 5.75 Å². The molecule has 3 nitrogen and oxygen atoms in total. The molecular formula is C24H19NO2. The number of benzene rings is 4. The molecule has 0 aliphatic carbocycles. The molecule has 0 saturated carbocycles. The molecule has 132 valence electrons. The topological polar surface area (TPSA) is 38.3 Å². The van der Waals surface area contributed by atoms with Gasteiger partial charge in [0.15, 0.2) is 6.61 Å². The summed E-state index contributed by atoms with van der Waals surface area (Å²) in [4.78, 5) is 12.3. The van der Waals surface area contributed by atoms with Crippen molar-refractivity contribution in [2.45, 2.75) is 0 Å². The molecule has 4 rings (SSSR count). The molecule has 0 fully saturated rings. The lowest BCUT2D eigenvalue weighted by Gasteiger charge is -2.10. The van der Waals surface area contributed by atoms with Crippen LogP contribution in [0.2, 0.25) is 0 Å². The first-order chi connectivity index (χ1) is 13.3. The van der Waals surface area contributed by atoms with Crippen LogP contribution in [0.4, 0.5) is 5.69 Å². The van der Waals surface area contributed by atoms with Gasteiger partial charge >= 0.3 is 0 Å². The molecule has 0 saturated heterocycles. The molecule has 0 radical (unpaired) electrons. The summed E-state index contributed by atoms with van der Waals surface area (Å²) in [5, 5.41) is 5.03. The zero-order valence-electron chi connectivity index (χ0n) is 14.8. The van der Waals surface area contributed by atoms with Crippen molar-refractivity contribution in [3.63, 3.8) is 0 Å². The molecule has 0 bridgehead atoms. The van der Waals surface area contributed by atoms with Gasteiger partial charge in [0, 0.05) is 11.1 Å². The minimum absolute atomic E-state index is 0.0338. The maximum Gasteiger partial charge on any atom is 0.262 e. The van der Waals surface area contributed by atoms with Crippen molar-refractivity contribution in [3.8, 4) is 16.9 Å². The Morgan fingerprint density at radius 3 is 2.19 bits per heavy atom. The van der Waals surface area contributed by atoms with Gasteiger partial charge in [-0.2, -0.15) is 0 Å². The van der Waals surface area contributed by atoms with E-state index in [1.165, 1.54) is 0 Å². The lowest BCUT2D eigenvalue weighted by molar-refractivity contribution is -0.118. The summed E-state index contributed by atoms with van der Waals surface area (Å²) < 4.78 is 5.63. The van der Waals surface area contributed by atoms with E-state index in [4.69, 9.17) is 4.74 Å². The molecule has 27 heavy (non-hydrogen) atoms. The smallest absolute Gasteiger partial charge is 0.262 e. The summed E-state index contributed by atoms with van der Waals surface area (Å²) in [7, 11) is 0. The van der Waals surface area contributed by atoms with E-state index in [0.717, 1.165) is 27.6 Å². The van der Waals surface area contributed by atoms with Gasteiger partial charge in [-0.15, -0.1) is 0 Å². The third-order valence-corrected chi connectivity index (χ3v) is 4.40. The van der Waals surface area contributed by atoms with Crippen LogP contribution in [0.3, 0.4) is 0 Å². The normalized spacial score (nSPS) is 10.5. The molecule has 4 aromatic carbocycles. The number of fused-ring (bicyclic) bond motifs is 1. The molecule has 0 atom stereocenters. The van der Waals surface area contributed by atoms with Crippen LogP contribution in [0.15, 0.2) is 97.1 Å². The number of carbonyl (C=O) groups is 1. The minimum Gasteiger partial charge on any atom is -0.484 e. The Balaban J connectivity index is 1.39. The first-order valence-corrected chi connectivity index (χ1v) is 8.85.